The van der Waals surface area contributed by atoms with Crippen LogP contribution in [0.2, 0.25) is 0 Å². The maximum atomic E-state index is 11.6. The zero-order valence-electron chi connectivity index (χ0n) is 11.4. The third-order valence-electron chi connectivity index (χ3n) is 3.46. The second-order valence-electron chi connectivity index (χ2n) is 4.66. The van der Waals surface area contributed by atoms with Crippen LogP contribution in [-0.2, 0) is 17.6 Å². The van der Waals surface area contributed by atoms with Gasteiger partial charge in [0.05, 0.1) is 24.8 Å². The van der Waals surface area contributed by atoms with E-state index in [4.69, 9.17) is 9.47 Å². The van der Waals surface area contributed by atoms with Crippen molar-refractivity contribution in [2.75, 3.05) is 14.2 Å². The Morgan fingerprint density at radius 1 is 1.30 bits per heavy atom. The lowest BCUT2D eigenvalue weighted by atomic mass is 10.2. The molecule has 2 aromatic heterocycles. The summed E-state index contributed by atoms with van der Waals surface area (Å²) < 4.78 is 9.92. The Balaban J connectivity index is 1.99. The number of aryl methyl sites for hydroxylation is 2. The number of hydrogen-bond acceptors (Lipinski definition) is 5. The highest BCUT2D eigenvalue weighted by Crippen LogP contribution is 2.36. The molecule has 0 aromatic carbocycles. The summed E-state index contributed by atoms with van der Waals surface area (Å²) in [6, 6.07) is 5.75. The average molecular weight is 289 g/mol. The van der Waals surface area contributed by atoms with Crippen molar-refractivity contribution in [3.8, 4) is 16.5 Å². The SMILES string of the molecule is COC(=O)c1ccc(-c2cc3c(s2)CCC3)nc1OC. The lowest BCUT2D eigenvalue weighted by Gasteiger charge is -2.07. The molecule has 2 aromatic rings. The van der Waals surface area contributed by atoms with Gasteiger partial charge < -0.3 is 9.47 Å². The number of ether oxygens (including phenoxy) is 2. The van der Waals surface area contributed by atoms with Gasteiger partial charge in [-0.2, -0.15) is 0 Å². The Bertz CT molecular complexity index is 642. The highest BCUT2D eigenvalue weighted by Gasteiger charge is 2.19. The fourth-order valence-corrected chi connectivity index (χ4v) is 3.68. The van der Waals surface area contributed by atoms with E-state index in [1.807, 2.05) is 6.07 Å². The van der Waals surface area contributed by atoms with Crippen LogP contribution in [0.4, 0.5) is 0 Å². The van der Waals surface area contributed by atoms with Crippen LogP contribution in [0.15, 0.2) is 18.2 Å². The van der Waals surface area contributed by atoms with Gasteiger partial charge in [0.15, 0.2) is 0 Å². The Kier molecular flexibility index (Phi) is 3.44. The van der Waals surface area contributed by atoms with E-state index in [1.54, 1.807) is 17.4 Å². The maximum Gasteiger partial charge on any atom is 0.343 e. The van der Waals surface area contributed by atoms with Gasteiger partial charge in [-0.1, -0.05) is 0 Å². The summed E-state index contributed by atoms with van der Waals surface area (Å²) in [6.45, 7) is 0. The maximum absolute atomic E-state index is 11.6. The third-order valence-corrected chi connectivity index (χ3v) is 4.72. The minimum atomic E-state index is -0.436. The van der Waals surface area contributed by atoms with E-state index in [0.29, 0.717) is 11.4 Å². The van der Waals surface area contributed by atoms with Gasteiger partial charge in [0.25, 0.3) is 0 Å². The molecule has 0 spiro atoms. The van der Waals surface area contributed by atoms with Crippen LogP contribution in [0.1, 0.15) is 27.2 Å². The van der Waals surface area contributed by atoms with Crippen molar-refractivity contribution in [1.82, 2.24) is 4.98 Å². The summed E-state index contributed by atoms with van der Waals surface area (Å²) in [5, 5.41) is 0. The van der Waals surface area contributed by atoms with E-state index in [9.17, 15) is 4.79 Å². The standard InChI is InChI=1S/C15H15NO3S/c1-18-14-10(15(17)19-2)6-7-11(16-14)13-8-9-4-3-5-12(9)20-13/h6-8H,3-5H2,1-2H3. The smallest absolute Gasteiger partial charge is 0.343 e. The molecule has 104 valence electrons. The minimum Gasteiger partial charge on any atom is -0.480 e. The molecule has 1 aliphatic carbocycles. The molecule has 0 radical (unpaired) electrons. The van der Waals surface area contributed by atoms with E-state index in [0.717, 1.165) is 23.4 Å². The molecule has 0 saturated carbocycles. The number of thiophene rings is 1. The summed E-state index contributed by atoms with van der Waals surface area (Å²) in [4.78, 5) is 18.6. The highest BCUT2D eigenvalue weighted by atomic mass is 32.1. The van der Waals surface area contributed by atoms with Crippen molar-refractivity contribution in [2.45, 2.75) is 19.3 Å². The first-order valence-corrected chi connectivity index (χ1v) is 7.30. The van der Waals surface area contributed by atoms with Crippen molar-refractivity contribution in [1.29, 1.82) is 0 Å². The molecule has 0 unspecified atom stereocenters. The Labute approximate surface area is 121 Å². The summed E-state index contributed by atoms with van der Waals surface area (Å²) >= 11 is 1.78. The second-order valence-corrected chi connectivity index (χ2v) is 5.79. The molecule has 2 heterocycles. The van der Waals surface area contributed by atoms with E-state index in [2.05, 4.69) is 11.1 Å². The predicted molar refractivity (Wildman–Crippen MR) is 77.5 cm³/mol. The molecule has 1 aliphatic rings. The molecule has 4 nitrogen and oxygen atoms in total. The summed E-state index contributed by atoms with van der Waals surface area (Å²) in [7, 11) is 2.85. The molecule has 0 amide bonds. The molecule has 0 aliphatic heterocycles. The van der Waals surface area contributed by atoms with Gasteiger partial charge in [-0.25, -0.2) is 9.78 Å². The van der Waals surface area contributed by atoms with Gasteiger partial charge in [0, 0.05) is 4.88 Å². The first kappa shape index (κ1) is 13.1. The molecule has 20 heavy (non-hydrogen) atoms. The molecular formula is C15H15NO3S. The van der Waals surface area contributed by atoms with Crippen molar-refractivity contribution >= 4 is 17.3 Å². The third kappa shape index (κ3) is 2.18. The molecule has 0 fully saturated rings. The zero-order chi connectivity index (χ0) is 14.1. The molecular weight excluding hydrogens is 274 g/mol. The van der Waals surface area contributed by atoms with Gasteiger partial charge in [0.2, 0.25) is 5.88 Å². The van der Waals surface area contributed by atoms with Crippen LogP contribution in [0.3, 0.4) is 0 Å². The summed E-state index contributed by atoms with van der Waals surface area (Å²) in [5.41, 5.74) is 2.62. The fourth-order valence-electron chi connectivity index (χ4n) is 2.45. The van der Waals surface area contributed by atoms with Crippen molar-refractivity contribution in [2.24, 2.45) is 0 Å². The molecule has 0 bridgehead atoms. The largest absolute Gasteiger partial charge is 0.480 e. The monoisotopic (exact) mass is 289 g/mol. The topological polar surface area (TPSA) is 48.4 Å². The number of aromatic nitrogens is 1. The van der Waals surface area contributed by atoms with Crippen LogP contribution >= 0.6 is 11.3 Å². The first-order chi connectivity index (χ1) is 9.72. The van der Waals surface area contributed by atoms with Crippen LogP contribution in [0, 0.1) is 0 Å². The Morgan fingerprint density at radius 3 is 2.85 bits per heavy atom. The molecule has 3 rings (SSSR count). The molecule has 0 atom stereocenters. The molecule has 5 heteroatoms. The van der Waals surface area contributed by atoms with E-state index >= 15 is 0 Å². The van der Waals surface area contributed by atoms with E-state index in [-0.39, 0.29) is 0 Å². The van der Waals surface area contributed by atoms with Crippen molar-refractivity contribution in [3.63, 3.8) is 0 Å². The number of methoxy groups -OCH3 is 2. The van der Waals surface area contributed by atoms with Gasteiger partial charge in [-0.15, -0.1) is 11.3 Å². The van der Waals surface area contributed by atoms with Crippen molar-refractivity contribution < 1.29 is 14.3 Å². The molecule has 0 N–H and O–H groups in total. The zero-order valence-corrected chi connectivity index (χ0v) is 12.3. The average Bonchev–Trinajstić information content (AvgIpc) is 3.07. The second kappa shape index (κ2) is 5.25. The summed E-state index contributed by atoms with van der Waals surface area (Å²) in [6.07, 6.45) is 3.57. The number of hydrogen-bond donors (Lipinski definition) is 0. The lowest BCUT2D eigenvalue weighted by molar-refractivity contribution is 0.0596. The van der Waals surface area contributed by atoms with E-state index in [1.165, 1.54) is 31.1 Å². The normalized spacial score (nSPS) is 13.1. The summed E-state index contributed by atoms with van der Waals surface area (Å²) in [5.74, 6) is -0.127. The Morgan fingerprint density at radius 2 is 2.15 bits per heavy atom. The van der Waals surface area contributed by atoms with Gasteiger partial charge in [-0.05, 0) is 43.0 Å². The molecule has 0 saturated heterocycles. The number of rotatable bonds is 3. The number of carbonyl (C=O) groups excluding carboxylic acids is 1. The van der Waals surface area contributed by atoms with Crippen LogP contribution in [-0.4, -0.2) is 25.2 Å². The van der Waals surface area contributed by atoms with Gasteiger partial charge in [0.1, 0.15) is 5.56 Å². The fraction of sp³-hybridized carbons (Fsp3) is 0.333. The minimum absolute atomic E-state index is 0.308. The highest BCUT2D eigenvalue weighted by molar-refractivity contribution is 7.15. The number of fused-ring (bicyclic) bond motifs is 1. The van der Waals surface area contributed by atoms with Crippen LogP contribution in [0.25, 0.3) is 10.6 Å². The number of pyridine rings is 1. The van der Waals surface area contributed by atoms with Crippen LogP contribution < -0.4 is 4.74 Å². The quantitative estimate of drug-likeness (QED) is 0.815. The number of nitrogens with zero attached hydrogens (tertiary/aromatic N) is 1. The van der Waals surface area contributed by atoms with Crippen LogP contribution in [0.5, 0.6) is 5.88 Å². The lowest BCUT2D eigenvalue weighted by Crippen LogP contribution is -2.05. The number of carbonyl (C=O) groups is 1. The first-order valence-electron chi connectivity index (χ1n) is 6.48. The number of esters is 1. The Hall–Kier alpha value is -1.88. The van der Waals surface area contributed by atoms with Gasteiger partial charge in [-0.3, -0.25) is 0 Å². The van der Waals surface area contributed by atoms with Gasteiger partial charge >= 0.3 is 5.97 Å². The predicted octanol–water partition coefficient (Wildman–Crippen LogP) is 3.09. The van der Waals surface area contributed by atoms with Crippen molar-refractivity contribution in [3.05, 3.63) is 34.2 Å². The van der Waals surface area contributed by atoms with E-state index < -0.39 is 5.97 Å².